The number of nitrogens with one attached hydrogen (secondary N) is 1. The highest BCUT2D eigenvalue weighted by Crippen LogP contribution is 2.40. The van der Waals surface area contributed by atoms with E-state index in [2.05, 4.69) is 59.9 Å². The van der Waals surface area contributed by atoms with Crippen molar-refractivity contribution in [3.05, 3.63) is 113 Å². The topological polar surface area (TPSA) is 58.6 Å². The monoisotopic (exact) mass is 437 g/mol. The summed E-state index contributed by atoms with van der Waals surface area (Å²) in [5.74, 6) is 0.0872. The van der Waals surface area contributed by atoms with E-state index in [1.54, 1.807) is 0 Å². The molecule has 0 aliphatic carbocycles. The van der Waals surface area contributed by atoms with E-state index in [4.69, 9.17) is 4.74 Å². The van der Waals surface area contributed by atoms with E-state index in [1.807, 2.05) is 37.3 Å². The number of rotatable bonds is 6. The lowest BCUT2D eigenvalue weighted by Gasteiger charge is -2.33. The van der Waals surface area contributed by atoms with Gasteiger partial charge in [-0.1, -0.05) is 72.8 Å². The molecule has 1 heterocycles. The fourth-order valence-corrected chi connectivity index (χ4v) is 4.84. The van der Waals surface area contributed by atoms with Crippen molar-refractivity contribution in [2.75, 3.05) is 6.54 Å². The third-order valence-electron chi connectivity index (χ3n) is 6.55. The van der Waals surface area contributed by atoms with Gasteiger partial charge in [-0.2, -0.15) is 0 Å². The van der Waals surface area contributed by atoms with Gasteiger partial charge in [-0.05, 0) is 52.9 Å². The second-order valence-electron chi connectivity index (χ2n) is 8.71. The van der Waals surface area contributed by atoms with Crippen molar-refractivity contribution < 1.29 is 14.6 Å². The van der Waals surface area contributed by atoms with Crippen LogP contribution in [0.15, 0.2) is 84.9 Å². The molecule has 0 aromatic heterocycles. The number of benzene rings is 4. The number of aromatic carboxylic acids is 1. The molecule has 4 heteroatoms. The molecule has 2 atom stereocenters. The summed E-state index contributed by atoms with van der Waals surface area (Å²) >= 11 is 0. The molecule has 4 aromatic carbocycles. The fraction of sp³-hybridized carbons (Fsp3) is 0.207. The van der Waals surface area contributed by atoms with Crippen LogP contribution < -0.4 is 10.1 Å². The van der Waals surface area contributed by atoms with Crippen LogP contribution >= 0.6 is 0 Å². The Morgan fingerprint density at radius 2 is 1.79 bits per heavy atom. The van der Waals surface area contributed by atoms with Gasteiger partial charge in [-0.25, -0.2) is 4.79 Å². The van der Waals surface area contributed by atoms with E-state index in [0.717, 1.165) is 35.4 Å². The zero-order valence-electron chi connectivity index (χ0n) is 18.6. The Balaban J connectivity index is 1.36. The lowest BCUT2D eigenvalue weighted by Crippen LogP contribution is -2.35. The third kappa shape index (κ3) is 4.35. The number of carbonyl (C=O) groups is 1. The summed E-state index contributed by atoms with van der Waals surface area (Å²) in [6.45, 7) is 3.32. The second-order valence-corrected chi connectivity index (χ2v) is 8.71. The van der Waals surface area contributed by atoms with E-state index in [9.17, 15) is 9.90 Å². The molecule has 0 saturated heterocycles. The third-order valence-corrected chi connectivity index (χ3v) is 6.55. The van der Waals surface area contributed by atoms with E-state index in [-0.39, 0.29) is 12.0 Å². The summed E-state index contributed by atoms with van der Waals surface area (Å²) in [4.78, 5) is 11.7. The Hall–Kier alpha value is -3.63. The van der Waals surface area contributed by atoms with Crippen molar-refractivity contribution in [1.29, 1.82) is 0 Å². The molecule has 0 unspecified atom stereocenters. The molecule has 4 nitrogen and oxygen atoms in total. The van der Waals surface area contributed by atoms with Crippen LogP contribution in [0.3, 0.4) is 0 Å². The maximum absolute atomic E-state index is 11.7. The maximum atomic E-state index is 11.7. The smallest absolute Gasteiger partial charge is 0.335 e. The molecule has 4 aromatic rings. The molecule has 0 saturated carbocycles. The normalized spacial score (nSPS) is 17.4. The van der Waals surface area contributed by atoms with Crippen molar-refractivity contribution in [3.63, 3.8) is 0 Å². The molecule has 1 aliphatic rings. The zero-order chi connectivity index (χ0) is 22.8. The number of fused-ring (bicyclic) bond motifs is 2. The largest absolute Gasteiger partial charge is 0.489 e. The standard InChI is InChI=1S/C29H27NO3/c1-19-13-14-21(15-26(19)29(31)32)27-16-23(33-28-12-5-4-11-25(27)28)18-30-17-22-9-6-8-20-7-2-3-10-24(20)22/h2-15,23,27,30H,16-18H2,1H3,(H,31,32)/t23-,27-/m1/s1. The Kier molecular flexibility index (Phi) is 5.84. The first kappa shape index (κ1) is 21.2. The highest BCUT2D eigenvalue weighted by Gasteiger charge is 2.29. The van der Waals surface area contributed by atoms with Gasteiger partial charge in [-0.15, -0.1) is 0 Å². The first-order valence-electron chi connectivity index (χ1n) is 11.4. The average Bonchev–Trinajstić information content (AvgIpc) is 2.84. The molecule has 0 bridgehead atoms. The molecule has 166 valence electrons. The molecule has 5 rings (SSSR count). The zero-order valence-corrected chi connectivity index (χ0v) is 18.6. The van der Waals surface area contributed by atoms with Crippen molar-refractivity contribution in [2.24, 2.45) is 0 Å². The Morgan fingerprint density at radius 3 is 2.67 bits per heavy atom. The fourth-order valence-electron chi connectivity index (χ4n) is 4.84. The molecule has 0 amide bonds. The van der Waals surface area contributed by atoms with Crippen LogP contribution in [-0.4, -0.2) is 23.7 Å². The molecule has 33 heavy (non-hydrogen) atoms. The number of hydrogen-bond donors (Lipinski definition) is 2. The number of carboxylic acid groups (broad SMARTS) is 1. The molecule has 0 spiro atoms. The minimum atomic E-state index is -0.886. The van der Waals surface area contributed by atoms with E-state index in [0.29, 0.717) is 12.1 Å². The van der Waals surface area contributed by atoms with Gasteiger partial charge in [0.05, 0.1) is 5.56 Å². The predicted molar refractivity (Wildman–Crippen MR) is 131 cm³/mol. The Morgan fingerprint density at radius 1 is 1.00 bits per heavy atom. The number of para-hydroxylation sites is 1. The molecular formula is C29H27NO3. The number of hydrogen-bond acceptors (Lipinski definition) is 3. The highest BCUT2D eigenvalue weighted by atomic mass is 16.5. The van der Waals surface area contributed by atoms with Gasteiger partial charge in [0.1, 0.15) is 11.9 Å². The van der Waals surface area contributed by atoms with Gasteiger partial charge in [0.15, 0.2) is 0 Å². The van der Waals surface area contributed by atoms with Gasteiger partial charge in [0.25, 0.3) is 0 Å². The van der Waals surface area contributed by atoms with Crippen molar-refractivity contribution in [1.82, 2.24) is 5.32 Å². The quantitative estimate of drug-likeness (QED) is 0.393. The van der Waals surface area contributed by atoms with Crippen LogP contribution in [0.4, 0.5) is 0 Å². The van der Waals surface area contributed by atoms with Crippen LogP contribution in [0.25, 0.3) is 10.8 Å². The number of carboxylic acids is 1. The van der Waals surface area contributed by atoms with Crippen LogP contribution in [0.2, 0.25) is 0 Å². The van der Waals surface area contributed by atoms with Crippen LogP contribution in [0.1, 0.15) is 45.0 Å². The van der Waals surface area contributed by atoms with Crippen LogP contribution in [0, 0.1) is 6.92 Å². The predicted octanol–water partition coefficient (Wildman–Crippen LogP) is 5.92. The van der Waals surface area contributed by atoms with Gasteiger partial charge in [0.2, 0.25) is 0 Å². The van der Waals surface area contributed by atoms with Crippen molar-refractivity contribution in [3.8, 4) is 5.75 Å². The minimum Gasteiger partial charge on any atom is -0.489 e. The maximum Gasteiger partial charge on any atom is 0.335 e. The highest BCUT2D eigenvalue weighted by molar-refractivity contribution is 5.89. The van der Waals surface area contributed by atoms with Crippen molar-refractivity contribution in [2.45, 2.75) is 31.9 Å². The first-order chi connectivity index (χ1) is 16.1. The molecule has 0 fully saturated rings. The van der Waals surface area contributed by atoms with Gasteiger partial charge in [-0.3, -0.25) is 0 Å². The SMILES string of the molecule is Cc1ccc([C@H]2C[C@H](CNCc3cccc4ccccc34)Oc3ccccc32)cc1C(=O)O. The van der Waals surface area contributed by atoms with Crippen molar-refractivity contribution >= 4 is 16.7 Å². The summed E-state index contributed by atoms with van der Waals surface area (Å²) in [5, 5.41) is 15.7. The molecule has 0 radical (unpaired) electrons. The van der Waals surface area contributed by atoms with E-state index < -0.39 is 5.97 Å². The van der Waals surface area contributed by atoms with Gasteiger partial charge < -0.3 is 15.2 Å². The van der Waals surface area contributed by atoms with Gasteiger partial charge >= 0.3 is 5.97 Å². The van der Waals surface area contributed by atoms with E-state index >= 15 is 0 Å². The second kappa shape index (κ2) is 9.08. The Bertz CT molecular complexity index is 1310. The molecule has 1 aliphatic heterocycles. The molecule has 2 N–H and O–H groups in total. The van der Waals surface area contributed by atoms with Crippen LogP contribution in [-0.2, 0) is 6.54 Å². The summed E-state index contributed by atoms with van der Waals surface area (Å²) in [6.07, 6.45) is 0.788. The summed E-state index contributed by atoms with van der Waals surface area (Å²) in [7, 11) is 0. The first-order valence-corrected chi connectivity index (χ1v) is 11.4. The van der Waals surface area contributed by atoms with Gasteiger partial charge in [0, 0.05) is 24.6 Å². The molecular weight excluding hydrogens is 410 g/mol. The summed E-state index contributed by atoms with van der Waals surface area (Å²) in [5.41, 5.74) is 4.54. The number of aryl methyl sites for hydroxylation is 1. The lowest BCUT2D eigenvalue weighted by atomic mass is 9.83. The number of ether oxygens (including phenoxy) is 1. The Labute approximate surface area is 193 Å². The lowest BCUT2D eigenvalue weighted by molar-refractivity contribution is 0.0696. The van der Waals surface area contributed by atoms with Crippen LogP contribution in [0.5, 0.6) is 5.75 Å². The summed E-state index contributed by atoms with van der Waals surface area (Å²) < 4.78 is 6.33. The van der Waals surface area contributed by atoms with E-state index in [1.165, 1.54) is 16.3 Å². The average molecular weight is 438 g/mol. The minimum absolute atomic E-state index is 0.00513. The summed E-state index contributed by atoms with van der Waals surface area (Å²) in [6, 6.07) is 28.7.